The fourth-order valence-corrected chi connectivity index (χ4v) is 3.47. The SMILES string of the molecule is Cc1nn(Cc2ccccc2)c2c1C(c1cccc(C(F)(F)F)c1)NC2=O. The Morgan fingerprint density at radius 3 is 2.56 bits per heavy atom. The van der Waals surface area contributed by atoms with Crippen LogP contribution in [0.2, 0.25) is 0 Å². The smallest absolute Gasteiger partial charge is 0.340 e. The second-order valence-corrected chi connectivity index (χ2v) is 6.52. The number of carbonyl (C=O) groups is 1. The van der Waals surface area contributed by atoms with E-state index in [-0.39, 0.29) is 5.91 Å². The Morgan fingerprint density at radius 2 is 1.85 bits per heavy atom. The second kappa shape index (κ2) is 6.26. The predicted molar refractivity (Wildman–Crippen MR) is 93.3 cm³/mol. The summed E-state index contributed by atoms with van der Waals surface area (Å²) in [5.74, 6) is -0.330. The number of hydrogen-bond donors (Lipinski definition) is 1. The van der Waals surface area contributed by atoms with Crippen molar-refractivity contribution in [3.63, 3.8) is 0 Å². The molecule has 0 saturated heterocycles. The molecule has 1 N–H and O–H groups in total. The Kier molecular flexibility index (Phi) is 4.02. The van der Waals surface area contributed by atoms with Crippen LogP contribution in [0.4, 0.5) is 13.2 Å². The fraction of sp³-hybridized carbons (Fsp3) is 0.200. The molecule has 4 rings (SSSR count). The van der Waals surface area contributed by atoms with Crippen LogP contribution in [0.5, 0.6) is 0 Å². The van der Waals surface area contributed by atoms with Crippen LogP contribution in [-0.2, 0) is 12.7 Å². The molecule has 27 heavy (non-hydrogen) atoms. The molecule has 1 amide bonds. The van der Waals surface area contributed by atoms with E-state index in [0.29, 0.717) is 29.1 Å². The van der Waals surface area contributed by atoms with Crippen molar-refractivity contribution in [3.05, 3.63) is 88.2 Å². The Balaban J connectivity index is 1.74. The van der Waals surface area contributed by atoms with Gasteiger partial charge in [0, 0.05) is 5.56 Å². The molecule has 2 heterocycles. The molecule has 0 spiro atoms. The van der Waals surface area contributed by atoms with Crippen LogP contribution >= 0.6 is 0 Å². The molecule has 0 saturated carbocycles. The third-order valence-corrected chi connectivity index (χ3v) is 4.68. The number of rotatable bonds is 3. The van der Waals surface area contributed by atoms with Crippen LogP contribution in [0.25, 0.3) is 0 Å². The molecule has 138 valence electrons. The van der Waals surface area contributed by atoms with E-state index >= 15 is 0 Å². The molecule has 1 unspecified atom stereocenters. The van der Waals surface area contributed by atoms with E-state index in [1.165, 1.54) is 6.07 Å². The van der Waals surface area contributed by atoms with Gasteiger partial charge in [0.2, 0.25) is 0 Å². The number of amides is 1. The van der Waals surface area contributed by atoms with Crippen molar-refractivity contribution in [2.24, 2.45) is 0 Å². The maximum absolute atomic E-state index is 13.0. The molecule has 0 bridgehead atoms. The highest BCUT2D eigenvalue weighted by Gasteiger charge is 2.37. The molecule has 1 aliphatic rings. The lowest BCUT2D eigenvalue weighted by Crippen LogP contribution is -2.23. The first-order valence-electron chi connectivity index (χ1n) is 8.44. The fourth-order valence-electron chi connectivity index (χ4n) is 3.47. The summed E-state index contributed by atoms with van der Waals surface area (Å²) in [4.78, 5) is 12.6. The van der Waals surface area contributed by atoms with Crippen LogP contribution in [-0.4, -0.2) is 15.7 Å². The molecule has 4 nitrogen and oxygen atoms in total. The monoisotopic (exact) mass is 371 g/mol. The minimum atomic E-state index is -4.44. The molecular weight excluding hydrogens is 355 g/mol. The van der Waals surface area contributed by atoms with Gasteiger partial charge in [-0.1, -0.05) is 42.5 Å². The van der Waals surface area contributed by atoms with E-state index in [2.05, 4.69) is 10.4 Å². The predicted octanol–water partition coefficient (Wildman–Crippen LogP) is 4.09. The molecule has 0 radical (unpaired) electrons. The van der Waals surface area contributed by atoms with E-state index in [0.717, 1.165) is 17.7 Å². The average Bonchev–Trinajstić information content (AvgIpc) is 3.14. The van der Waals surface area contributed by atoms with E-state index in [1.807, 2.05) is 30.3 Å². The van der Waals surface area contributed by atoms with Gasteiger partial charge in [0.1, 0.15) is 5.69 Å². The summed E-state index contributed by atoms with van der Waals surface area (Å²) in [6.45, 7) is 2.18. The molecular formula is C20H16F3N3O. The van der Waals surface area contributed by atoms with Gasteiger partial charge in [-0.25, -0.2) is 0 Å². The van der Waals surface area contributed by atoms with E-state index in [9.17, 15) is 18.0 Å². The van der Waals surface area contributed by atoms with Gasteiger partial charge in [-0.3, -0.25) is 9.48 Å². The van der Waals surface area contributed by atoms with Gasteiger partial charge in [0.25, 0.3) is 5.91 Å². The number of aromatic nitrogens is 2. The van der Waals surface area contributed by atoms with Gasteiger partial charge >= 0.3 is 6.18 Å². The molecule has 0 fully saturated rings. The first-order chi connectivity index (χ1) is 12.8. The van der Waals surface area contributed by atoms with Crippen molar-refractivity contribution >= 4 is 5.91 Å². The quantitative estimate of drug-likeness (QED) is 0.754. The van der Waals surface area contributed by atoms with Crippen molar-refractivity contribution < 1.29 is 18.0 Å². The largest absolute Gasteiger partial charge is 0.416 e. The number of halogens is 3. The van der Waals surface area contributed by atoms with E-state index in [1.54, 1.807) is 17.7 Å². The van der Waals surface area contributed by atoms with Gasteiger partial charge in [-0.15, -0.1) is 0 Å². The van der Waals surface area contributed by atoms with E-state index in [4.69, 9.17) is 0 Å². The number of nitrogens with zero attached hydrogens (tertiary/aromatic N) is 2. The summed E-state index contributed by atoms with van der Waals surface area (Å²) in [6.07, 6.45) is -4.44. The molecule has 1 aliphatic heterocycles. The topological polar surface area (TPSA) is 46.9 Å². The summed E-state index contributed by atoms with van der Waals surface area (Å²) in [5.41, 5.74) is 2.30. The first kappa shape index (κ1) is 17.3. The van der Waals surface area contributed by atoms with Crippen molar-refractivity contribution in [1.82, 2.24) is 15.1 Å². The zero-order chi connectivity index (χ0) is 19.2. The maximum Gasteiger partial charge on any atom is 0.416 e. The number of nitrogens with one attached hydrogen (secondary N) is 1. The van der Waals surface area contributed by atoms with Crippen molar-refractivity contribution in [3.8, 4) is 0 Å². The zero-order valence-corrected chi connectivity index (χ0v) is 14.4. The summed E-state index contributed by atoms with van der Waals surface area (Å²) in [7, 11) is 0. The Labute approximate surface area is 153 Å². The molecule has 1 aromatic heterocycles. The standard InChI is InChI=1S/C20H16F3N3O/c1-12-16-17(14-8-5-9-15(10-14)20(21,22)23)24-19(27)18(16)26(25-12)11-13-6-3-2-4-7-13/h2-10,17H,11H2,1H3,(H,24,27). The number of benzene rings is 2. The number of fused-ring (bicyclic) bond motifs is 1. The van der Waals surface area contributed by atoms with Gasteiger partial charge in [0.05, 0.1) is 23.8 Å². The van der Waals surface area contributed by atoms with Crippen LogP contribution < -0.4 is 5.32 Å². The van der Waals surface area contributed by atoms with Crippen molar-refractivity contribution in [2.75, 3.05) is 0 Å². The Hall–Kier alpha value is -3.09. The minimum Gasteiger partial charge on any atom is -0.340 e. The highest BCUT2D eigenvalue weighted by molar-refractivity contribution is 5.98. The van der Waals surface area contributed by atoms with Crippen LogP contribution in [0.1, 0.15) is 44.5 Å². The lowest BCUT2D eigenvalue weighted by atomic mass is 9.98. The third kappa shape index (κ3) is 3.09. The van der Waals surface area contributed by atoms with Crippen LogP contribution in [0.3, 0.4) is 0 Å². The maximum atomic E-state index is 13.0. The summed E-state index contributed by atoms with van der Waals surface area (Å²) < 4.78 is 40.8. The summed E-state index contributed by atoms with van der Waals surface area (Å²) >= 11 is 0. The molecule has 2 aromatic carbocycles. The number of carbonyl (C=O) groups excluding carboxylic acids is 1. The highest BCUT2D eigenvalue weighted by Crippen LogP contribution is 2.36. The zero-order valence-electron chi connectivity index (χ0n) is 14.4. The van der Waals surface area contributed by atoms with Gasteiger partial charge in [-0.05, 0) is 30.2 Å². The average molecular weight is 371 g/mol. The summed E-state index contributed by atoms with van der Waals surface area (Å²) in [6, 6.07) is 14.0. The van der Waals surface area contributed by atoms with E-state index < -0.39 is 17.8 Å². The Bertz CT molecular complexity index is 1010. The van der Waals surface area contributed by atoms with Gasteiger partial charge in [-0.2, -0.15) is 18.3 Å². The summed E-state index contributed by atoms with van der Waals surface area (Å²) in [5, 5.41) is 7.25. The lowest BCUT2D eigenvalue weighted by molar-refractivity contribution is -0.137. The molecule has 7 heteroatoms. The van der Waals surface area contributed by atoms with Crippen LogP contribution in [0, 0.1) is 6.92 Å². The first-order valence-corrected chi connectivity index (χ1v) is 8.44. The molecule has 0 aliphatic carbocycles. The van der Waals surface area contributed by atoms with Crippen molar-refractivity contribution in [1.29, 1.82) is 0 Å². The Morgan fingerprint density at radius 1 is 1.11 bits per heavy atom. The van der Waals surface area contributed by atoms with Crippen molar-refractivity contribution in [2.45, 2.75) is 25.7 Å². The third-order valence-electron chi connectivity index (χ3n) is 4.68. The van der Waals surface area contributed by atoms with Crippen LogP contribution in [0.15, 0.2) is 54.6 Å². The highest BCUT2D eigenvalue weighted by atomic mass is 19.4. The minimum absolute atomic E-state index is 0.330. The molecule has 1 atom stereocenters. The van der Waals surface area contributed by atoms with Gasteiger partial charge < -0.3 is 5.32 Å². The number of aryl methyl sites for hydroxylation is 1. The number of hydrogen-bond acceptors (Lipinski definition) is 2. The van der Waals surface area contributed by atoms with Gasteiger partial charge in [0.15, 0.2) is 0 Å². The normalized spacial score (nSPS) is 16.3. The second-order valence-electron chi connectivity index (χ2n) is 6.52. The molecule has 3 aromatic rings. The number of alkyl halides is 3. The lowest BCUT2D eigenvalue weighted by Gasteiger charge is -2.14.